The molecule has 0 unspecified atom stereocenters. The van der Waals surface area contributed by atoms with E-state index in [2.05, 4.69) is 36.6 Å². The van der Waals surface area contributed by atoms with E-state index in [1.54, 1.807) is 12.1 Å². The summed E-state index contributed by atoms with van der Waals surface area (Å²) < 4.78 is 13.8. The van der Waals surface area contributed by atoms with E-state index in [4.69, 9.17) is 0 Å². The second kappa shape index (κ2) is 8.33. The maximum atomic E-state index is 13.8. The van der Waals surface area contributed by atoms with Crippen LogP contribution in [0.25, 0.3) is 0 Å². The van der Waals surface area contributed by atoms with Crippen molar-refractivity contribution in [3.05, 3.63) is 41.7 Å². The molecule has 1 atom stereocenters. The van der Waals surface area contributed by atoms with E-state index >= 15 is 0 Å². The second-order valence-corrected chi connectivity index (χ2v) is 6.70. The molecular weight excluding hydrogens is 275 g/mol. The highest BCUT2D eigenvalue weighted by Gasteiger charge is 2.20. The molecule has 1 aromatic rings. The molecule has 0 spiro atoms. The van der Waals surface area contributed by atoms with Gasteiger partial charge in [-0.3, -0.25) is 4.90 Å². The average molecular weight is 304 g/mol. The van der Waals surface area contributed by atoms with Crippen LogP contribution < -0.4 is 4.90 Å². The van der Waals surface area contributed by atoms with Crippen molar-refractivity contribution in [1.29, 1.82) is 0 Å². The highest BCUT2D eigenvalue weighted by atomic mass is 19.1. The number of para-hydroxylation sites is 1. The van der Waals surface area contributed by atoms with Gasteiger partial charge in [0, 0.05) is 32.7 Å². The normalized spacial score (nSPS) is 17.4. The summed E-state index contributed by atoms with van der Waals surface area (Å²) in [7, 11) is 0. The zero-order valence-electron chi connectivity index (χ0n) is 14.2. The molecule has 0 bridgehead atoms. The van der Waals surface area contributed by atoms with Crippen LogP contribution in [0, 0.1) is 11.7 Å². The zero-order chi connectivity index (χ0) is 15.9. The molecule has 2 rings (SSSR count). The van der Waals surface area contributed by atoms with Crippen LogP contribution in [0.1, 0.15) is 33.6 Å². The minimum Gasteiger partial charge on any atom is -0.367 e. The van der Waals surface area contributed by atoms with Crippen LogP contribution in [0.2, 0.25) is 0 Å². The topological polar surface area (TPSA) is 6.48 Å². The molecule has 1 saturated heterocycles. The Morgan fingerprint density at radius 3 is 2.50 bits per heavy atom. The molecule has 0 radical (unpaired) electrons. The Kier molecular flexibility index (Phi) is 6.44. The van der Waals surface area contributed by atoms with Gasteiger partial charge in [-0.25, -0.2) is 4.39 Å². The lowest BCUT2D eigenvalue weighted by Gasteiger charge is -2.37. The molecule has 0 saturated carbocycles. The van der Waals surface area contributed by atoms with Gasteiger partial charge in [0.15, 0.2) is 0 Å². The van der Waals surface area contributed by atoms with Gasteiger partial charge in [-0.2, -0.15) is 0 Å². The largest absolute Gasteiger partial charge is 0.367 e. The van der Waals surface area contributed by atoms with Crippen molar-refractivity contribution in [2.24, 2.45) is 5.92 Å². The third-order valence-electron chi connectivity index (χ3n) is 4.35. The first kappa shape index (κ1) is 17.0. The molecule has 0 aromatic heterocycles. The minimum atomic E-state index is -0.106. The van der Waals surface area contributed by atoms with Crippen LogP contribution in [-0.2, 0) is 0 Å². The van der Waals surface area contributed by atoms with Crippen LogP contribution in [0.4, 0.5) is 10.1 Å². The number of allylic oxidation sites excluding steroid dienone is 2. The number of anilines is 1. The summed E-state index contributed by atoms with van der Waals surface area (Å²) in [5.41, 5.74) is 2.16. The first-order valence-electron chi connectivity index (χ1n) is 8.41. The maximum Gasteiger partial charge on any atom is 0.146 e. The highest BCUT2D eigenvalue weighted by Crippen LogP contribution is 2.20. The standard InChI is InChI=1S/C19H29FN2/c1-16(2)7-6-8-17(3)15-21-11-13-22(14-12-21)19-10-5-4-9-18(19)20/h4-5,7,9-10,17H,6,8,11-15H2,1-3H3/t17-/m1/s1. The Balaban J connectivity index is 1.75. The fourth-order valence-electron chi connectivity index (χ4n) is 3.07. The number of hydrogen-bond donors (Lipinski definition) is 0. The predicted molar refractivity (Wildman–Crippen MR) is 92.9 cm³/mol. The van der Waals surface area contributed by atoms with Gasteiger partial charge in [0.25, 0.3) is 0 Å². The molecule has 122 valence electrons. The Hall–Kier alpha value is -1.35. The fraction of sp³-hybridized carbons (Fsp3) is 0.579. The van der Waals surface area contributed by atoms with Crippen molar-refractivity contribution < 1.29 is 4.39 Å². The van der Waals surface area contributed by atoms with E-state index in [0.717, 1.165) is 44.3 Å². The molecule has 22 heavy (non-hydrogen) atoms. The summed E-state index contributed by atoms with van der Waals surface area (Å²) in [6.45, 7) is 11.7. The second-order valence-electron chi connectivity index (χ2n) is 6.70. The Morgan fingerprint density at radius 2 is 1.86 bits per heavy atom. The average Bonchev–Trinajstić information content (AvgIpc) is 2.48. The van der Waals surface area contributed by atoms with Gasteiger partial charge in [-0.15, -0.1) is 0 Å². The Labute approximate surface area is 134 Å². The maximum absolute atomic E-state index is 13.8. The SMILES string of the molecule is CC(C)=CCC[C@@H](C)CN1CCN(c2ccccc2F)CC1. The van der Waals surface area contributed by atoms with Gasteiger partial charge >= 0.3 is 0 Å². The highest BCUT2D eigenvalue weighted by molar-refractivity contribution is 5.47. The number of nitrogens with zero attached hydrogens (tertiary/aromatic N) is 2. The van der Waals surface area contributed by atoms with Gasteiger partial charge in [-0.05, 0) is 44.7 Å². The van der Waals surface area contributed by atoms with E-state index in [9.17, 15) is 4.39 Å². The minimum absolute atomic E-state index is 0.106. The smallest absolute Gasteiger partial charge is 0.146 e. The lowest BCUT2D eigenvalue weighted by Crippen LogP contribution is -2.47. The zero-order valence-corrected chi connectivity index (χ0v) is 14.2. The van der Waals surface area contributed by atoms with Crippen molar-refractivity contribution in [1.82, 2.24) is 4.90 Å². The molecule has 0 aliphatic carbocycles. The van der Waals surface area contributed by atoms with E-state index < -0.39 is 0 Å². The fourth-order valence-corrected chi connectivity index (χ4v) is 3.07. The van der Waals surface area contributed by atoms with Crippen molar-refractivity contribution in [2.75, 3.05) is 37.6 Å². The van der Waals surface area contributed by atoms with E-state index in [-0.39, 0.29) is 5.82 Å². The molecule has 0 amide bonds. The molecule has 1 aliphatic heterocycles. The van der Waals surface area contributed by atoms with Gasteiger partial charge in [-0.1, -0.05) is 30.7 Å². The number of benzene rings is 1. The molecule has 1 aromatic carbocycles. The van der Waals surface area contributed by atoms with Crippen LogP contribution in [0.3, 0.4) is 0 Å². The third-order valence-corrected chi connectivity index (χ3v) is 4.35. The van der Waals surface area contributed by atoms with Crippen molar-refractivity contribution in [3.63, 3.8) is 0 Å². The van der Waals surface area contributed by atoms with Crippen molar-refractivity contribution in [2.45, 2.75) is 33.6 Å². The van der Waals surface area contributed by atoms with E-state index in [1.807, 2.05) is 12.1 Å². The molecule has 1 fully saturated rings. The van der Waals surface area contributed by atoms with Gasteiger partial charge < -0.3 is 4.90 Å². The Morgan fingerprint density at radius 1 is 1.18 bits per heavy atom. The monoisotopic (exact) mass is 304 g/mol. The molecule has 3 heteroatoms. The number of halogens is 1. The lowest BCUT2D eigenvalue weighted by atomic mass is 10.0. The molecule has 1 heterocycles. The number of rotatable bonds is 6. The number of piperazine rings is 1. The third kappa shape index (κ3) is 5.13. The molecular formula is C19H29FN2. The van der Waals surface area contributed by atoms with Crippen LogP contribution in [-0.4, -0.2) is 37.6 Å². The first-order chi connectivity index (χ1) is 10.6. The Bertz CT molecular complexity index is 486. The summed E-state index contributed by atoms with van der Waals surface area (Å²) in [5, 5.41) is 0. The summed E-state index contributed by atoms with van der Waals surface area (Å²) >= 11 is 0. The molecule has 0 N–H and O–H groups in total. The summed E-state index contributed by atoms with van der Waals surface area (Å²) in [6.07, 6.45) is 4.75. The number of hydrogen-bond acceptors (Lipinski definition) is 2. The van der Waals surface area contributed by atoms with Crippen LogP contribution in [0.5, 0.6) is 0 Å². The van der Waals surface area contributed by atoms with Crippen LogP contribution >= 0.6 is 0 Å². The summed E-state index contributed by atoms with van der Waals surface area (Å²) in [4.78, 5) is 4.68. The summed E-state index contributed by atoms with van der Waals surface area (Å²) in [6, 6.07) is 7.10. The van der Waals surface area contributed by atoms with Gasteiger partial charge in [0.1, 0.15) is 5.82 Å². The summed E-state index contributed by atoms with van der Waals surface area (Å²) in [5.74, 6) is 0.613. The molecule has 2 nitrogen and oxygen atoms in total. The predicted octanol–water partition coefficient (Wildman–Crippen LogP) is 4.33. The van der Waals surface area contributed by atoms with E-state index in [1.165, 1.54) is 18.4 Å². The van der Waals surface area contributed by atoms with E-state index in [0.29, 0.717) is 0 Å². The van der Waals surface area contributed by atoms with Gasteiger partial charge in [0.05, 0.1) is 5.69 Å². The quantitative estimate of drug-likeness (QED) is 0.722. The molecule has 1 aliphatic rings. The van der Waals surface area contributed by atoms with Gasteiger partial charge in [0.2, 0.25) is 0 Å². The van der Waals surface area contributed by atoms with Crippen molar-refractivity contribution >= 4 is 5.69 Å². The lowest BCUT2D eigenvalue weighted by molar-refractivity contribution is 0.220. The first-order valence-corrected chi connectivity index (χ1v) is 8.41. The van der Waals surface area contributed by atoms with Crippen LogP contribution in [0.15, 0.2) is 35.9 Å². The van der Waals surface area contributed by atoms with Crippen molar-refractivity contribution in [3.8, 4) is 0 Å².